The van der Waals surface area contributed by atoms with Crippen molar-refractivity contribution in [2.24, 2.45) is 11.8 Å². The van der Waals surface area contributed by atoms with Crippen LogP contribution in [0.15, 0.2) is 36.4 Å². The lowest BCUT2D eigenvalue weighted by atomic mass is 9.82. The van der Waals surface area contributed by atoms with Gasteiger partial charge in [-0.1, -0.05) is 24.3 Å². The minimum Gasteiger partial charge on any atom is -0.369 e. The van der Waals surface area contributed by atoms with E-state index in [0.717, 1.165) is 51.4 Å². The Bertz CT molecular complexity index is 1210. The molecule has 43 heavy (non-hydrogen) atoms. The average molecular weight is 589 g/mol. The van der Waals surface area contributed by atoms with E-state index < -0.39 is 0 Å². The molecule has 6 rings (SSSR count). The summed E-state index contributed by atoms with van der Waals surface area (Å²) in [4.78, 5) is 26.3. The predicted octanol–water partition coefficient (Wildman–Crippen LogP) is 3.74. The number of rotatable bonds is 5. The third kappa shape index (κ3) is 7.92. The number of benzene rings is 2. The van der Waals surface area contributed by atoms with E-state index >= 15 is 0 Å². The molecule has 2 unspecified atom stereocenters. The van der Waals surface area contributed by atoms with Gasteiger partial charge in [-0.05, 0) is 107 Å². The Morgan fingerprint density at radius 1 is 0.698 bits per heavy atom. The van der Waals surface area contributed by atoms with Crippen molar-refractivity contribution in [3.63, 3.8) is 0 Å². The fourth-order valence-electron chi connectivity index (χ4n) is 7.55. The fraction of sp³-hybridized carbons (Fsp3) is 0.639. The maximum atomic E-state index is 12.3. The normalized spacial score (nSPS) is 22.9. The first kappa shape index (κ1) is 31.8. The molecule has 0 radical (unpaired) electrons. The van der Waals surface area contributed by atoms with Crippen LogP contribution in [0.5, 0.6) is 0 Å². The SMILES string of the molecule is CN(C)CC1CCc2cccc(N3CCN(C)CC3)c2C1.CN1CCN(c2cccc3c2CC(C(=O)N(C)C)CC3)CC1. The highest BCUT2D eigenvalue weighted by Crippen LogP contribution is 2.35. The molecule has 1 amide bonds. The molecule has 7 heteroatoms. The molecule has 2 aromatic rings. The van der Waals surface area contributed by atoms with E-state index in [0.29, 0.717) is 0 Å². The topological polar surface area (TPSA) is 36.5 Å². The maximum absolute atomic E-state index is 12.3. The van der Waals surface area contributed by atoms with Crippen LogP contribution >= 0.6 is 0 Å². The molecule has 0 saturated carbocycles. The first-order valence-electron chi connectivity index (χ1n) is 16.6. The number of hydrogen-bond acceptors (Lipinski definition) is 6. The van der Waals surface area contributed by atoms with Gasteiger partial charge in [0, 0.05) is 90.3 Å². The molecule has 2 fully saturated rings. The van der Waals surface area contributed by atoms with Crippen molar-refractivity contribution in [3.05, 3.63) is 58.7 Å². The van der Waals surface area contributed by atoms with E-state index in [4.69, 9.17) is 0 Å². The largest absolute Gasteiger partial charge is 0.369 e. The summed E-state index contributed by atoms with van der Waals surface area (Å²) in [5.74, 6) is 1.25. The van der Waals surface area contributed by atoms with Gasteiger partial charge in [0.05, 0.1) is 0 Å². The Morgan fingerprint density at radius 2 is 1.19 bits per heavy atom. The molecular formula is C36H56N6O. The summed E-state index contributed by atoms with van der Waals surface area (Å²) >= 11 is 0. The first-order chi connectivity index (χ1) is 20.7. The quantitative estimate of drug-likeness (QED) is 0.530. The molecule has 2 aliphatic heterocycles. The van der Waals surface area contributed by atoms with Gasteiger partial charge in [-0.2, -0.15) is 0 Å². The Kier molecular flexibility index (Phi) is 10.7. The minimum absolute atomic E-state index is 0.149. The standard InChI is InChI=1S/C18H27N3O.C18H29N3/c1-19(2)18(22)15-8-7-14-5-4-6-17(16(14)13-15)21-11-9-20(3)10-12-21;1-19(2)14-15-7-8-16-5-4-6-18(17(16)13-15)21-11-9-20(3)10-12-21/h4-6,15H,7-13H2,1-3H3;4-6,15H,7-14H2,1-3H3. The molecule has 2 saturated heterocycles. The second-order valence-electron chi connectivity index (χ2n) is 14.0. The zero-order valence-corrected chi connectivity index (χ0v) is 27.8. The third-order valence-electron chi connectivity index (χ3n) is 10.1. The highest BCUT2D eigenvalue weighted by Gasteiger charge is 2.29. The van der Waals surface area contributed by atoms with Crippen molar-refractivity contribution in [1.82, 2.24) is 19.6 Å². The van der Waals surface area contributed by atoms with Crippen LogP contribution in [0, 0.1) is 11.8 Å². The molecule has 2 aliphatic carbocycles. The summed E-state index contributed by atoms with van der Waals surface area (Å²) in [5, 5.41) is 0. The van der Waals surface area contributed by atoms with Crippen LogP contribution in [-0.2, 0) is 30.5 Å². The molecule has 2 atom stereocenters. The number of piperazine rings is 2. The summed E-state index contributed by atoms with van der Waals surface area (Å²) in [6, 6.07) is 13.6. The molecule has 0 N–H and O–H groups in total. The summed E-state index contributed by atoms with van der Waals surface area (Å²) in [6.45, 7) is 10.3. The number of carbonyl (C=O) groups is 1. The monoisotopic (exact) mass is 588 g/mol. The second kappa shape index (κ2) is 14.4. The maximum Gasteiger partial charge on any atom is 0.225 e. The summed E-state index contributed by atoms with van der Waals surface area (Å²) in [6.07, 6.45) is 6.77. The lowest BCUT2D eigenvalue weighted by Gasteiger charge is -2.37. The second-order valence-corrected chi connectivity index (χ2v) is 14.0. The molecule has 2 aromatic carbocycles. The van der Waals surface area contributed by atoms with E-state index in [2.05, 4.69) is 89.1 Å². The number of aryl methyl sites for hydroxylation is 2. The molecule has 0 aromatic heterocycles. The number of hydrogen-bond donors (Lipinski definition) is 0. The molecule has 236 valence electrons. The van der Waals surface area contributed by atoms with Gasteiger partial charge < -0.3 is 29.4 Å². The van der Waals surface area contributed by atoms with Gasteiger partial charge in [0.2, 0.25) is 5.91 Å². The number of amides is 1. The van der Waals surface area contributed by atoms with E-state index in [-0.39, 0.29) is 11.8 Å². The van der Waals surface area contributed by atoms with Gasteiger partial charge in [-0.15, -0.1) is 0 Å². The van der Waals surface area contributed by atoms with E-state index in [9.17, 15) is 4.79 Å². The Morgan fingerprint density at radius 3 is 1.67 bits per heavy atom. The van der Waals surface area contributed by atoms with Crippen molar-refractivity contribution < 1.29 is 4.79 Å². The fourth-order valence-corrected chi connectivity index (χ4v) is 7.55. The summed E-state index contributed by atoms with van der Waals surface area (Å²) in [7, 11) is 12.5. The first-order valence-corrected chi connectivity index (χ1v) is 16.6. The Labute approximate surface area is 261 Å². The molecule has 0 bridgehead atoms. The van der Waals surface area contributed by atoms with Crippen LogP contribution in [0.25, 0.3) is 0 Å². The van der Waals surface area contributed by atoms with E-state index in [1.54, 1.807) is 16.0 Å². The average Bonchev–Trinajstić information content (AvgIpc) is 3.01. The predicted molar refractivity (Wildman–Crippen MR) is 181 cm³/mol. The Balaban J connectivity index is 0.000000171. The molecule has 0 spiro atoms. The van der Waals surface area contributed by atoms with Crippen LogP contribution in [0.1, 0.15) is 35.1 Å². The van der Waals surface area contributed by atoms with Gasteiger partial charge in [0.25, 0.3) is 0 Å². The van der Waals surface area contributed by atoms with Crippen LogP contribution in [-0.4, -0.2) is 127 Å². The Hall–Kier alpha value is -2.61. The smallest absolute Gasteiger partial charge is 0.225 e. The number of fused-ring (bicyclic) bond motifs is 2. The zero-order valence-electron chi connectivity index (χ0n) is 27.8. The van der Waals surface area contributed by atoms with Gasteiger partial charge in [-0.3, -0.25) is 4.79 Å². The van der Waals surface area contributed by atoms with E-state index in [1.807, 2.05) is 14.1 Å². The minimum atomic E-state index is 0.149. The highest BCUT2D eigenvalue weighted by atomic mass is 16.2. The summed E-state index contributed by atoms with van der Waals surface area (Å²) < 4.78 is 0. The van der Waals surface area contributed by atoms with Gasteiger partial charge in [0.1, 0.15) is 0 Å². The van der Waals surface area contributed by atoms with Crippen LogP contribution in [0.2, 0.25) is 0 Å². The van der Waals surface area contributed by atoms with Crippen LogP contribution in [0.4, 0.5) is 11.4 Å². The van der Waals surface area contributed by atoms with Crippen molar-refractivity contribution >= 4 is 17.3 Å². The molecule has 7 nitrogen and oxygen atoms in total. The van der Waals surface area contributed by atoms with Crippen molar-refractivity contribution in [1.29, 1.82) is 0 Å². The van der Waals surface area contributed by atoms with Crippen molar-refractivity contribution in [2.75, 3.05) is 111 Å². The number of nitrogens with zero attached hydrogens (tertiary/aromatic N) is 6. The molecule has 4 aliphatic rings. The number of carbonyl (C=O) groups excluding carboxylic acids is 1. The lowest BCUT2D eigenvalue weighted by molar-refractivity contribution is -0.133. The van der Waals surface area contributed by atoms with Crippen LogP contribution < -0.4 is 9.80 Å². The number of anilines is 2. The van der Waals surface area contributed by atoms with Gasteiger partial charge in [0.15, 0.2) is 0 Å². The van der Waals surface area contributed by atoms with Crippen molar-refractivity contribution in [3.8, 4) is 0 Å². The van der Waals surface area contributed by atoms with Gasteiger partial charge >= 0.3 is 0 Å². The zero-order chi connectivity index (χ0) is 30.5. The molecular weight excluding hydrogens is 532 g/mol. The number of likely N-dealkylation sites (N-methyl/N-ethyl adjacent to an activating group) is 2. The summed E-state index contributed by atoms with van der Waals surface area (Å²) in [5.41, 5.74) is 8.98. The lowest BCUT2D eigenvalue weighted by Crippen LogP contribution is -2.45. The third-order valence-corrected chi connectivity index (χ3v) is 10.1. The van der Waals surface area contributed by atoms with Gasteiger partial charge in [-0.25, -0.2) is 0 Å². The van der Waals surface area contributed by atoms with E-state index in [1.165, 1.54) is 74.5 Å². The van der Waals surface area contributed by atoms with Crippen LogP contribution in [0.3, 0.4) is 0 Å². The highest BCUT2D eigenvalue weighted by molar-refractivity contribution is 5.79. The molecule has 2 heterocycles. The van der Waals surface area contributed by atoms with Crippen molar-refractivity contribution in [2.45, 2.75) is 38.5 Å².